The van der Waals surface area contributed by atoms with Crippen LogP contribution in [-0.2, 0) is 16.1 Å². The van der Waals surface area contributed by atoms with Gasteiger partial charge in [-0.1, -0.05) is 30.7 Å². The Labute approximate surface area is 107 Å². The lowest BCUT2D eigenvalue weighted by Crippen LogP contribution is -2.30. The predicted molar refractivity (Wildman–Crippen MR) is 69.0 cm³/mol. The molecule has 0 amide bonds. The molecule has 4 heteroatoms. The number of hydrogen-bond acceptors (Lipinski definition) is 3. The molecule has 1 aromatic rings. The van der Waals surface area contributed by atoms with Gasteiger partial charge in [0.25, 0.3) is 0 Å². The number of carbonyl (C=O) groups is 1. The molecule has 0 aliphatic heterocycles. The van der Waals surface area contributed by atoms with Crippen LogP contribution in [0.1, 0.15) is 18.9 Å². The van der Waals surface area contributed by atoms with E-state index in [0.29, 0.717) is 13.1 Å². The SMILES string of the molecule is CCCN(CC(=O)OC)Cc1cccc(Cl)c1. The van der Waals surface area contributed by atoms with Crippen molar-refractivity contribution in [2.45, 2.75) is 19.9 Å². The molecule has 1 aromatic carbocycles. The van der Waals surface area contributed by atoms with Crippen LogP contribution in [0.3, 0.4) is 0 Å². The molecule has 0 heterocycles. The number of hydrogen-bond donors (Lipinski definition) is 0. The summed E-state index contributed by atoms with van der Waals surface area (Å²) in [5, 5.41) is 0.719. The summed E-state index contributed by atoms with van der Waals surface area (Å²) in [4.78, 5) is 13.3. The maximum absolute atomic E-state index is 11.3. The minimum Gasteiger partial charge on any atom is -0.468 e. The average Bonchev–Trinajstić information content (AvgIpc) is 2.29. The van der Waals surface area contributed by atoms with E-state index in [1.165, 1.54) is 7.11 Å². The monoisotopic (exact) mass is 255 g/mol. The van der Waals surface area contributed by atoms with E-state index in [1.54, 1.807) is 0 Å². The Bertz CT molecular complexity index is 368. The van der Waals surface area contributed by atoms with Crippen LogP contribution in [-0.4, -0.2) is 31.1 Å². The summed E-state index contributed by atoms with van der Waals surface area (Å²) in [6.07, 6.45) is 0.998. The summed E-state index contributed by atoms with van der Waals surface area (Å²) in [5.41, 5.74) is 1.11. The molecule has 0 N–H and O–H groups in total. The summed E-state index contributed by atoms with van der Waals surface area (Å²) in [6, 6.07) is 7.68. The third-order valence-corrected chi connectivity index (χ3v) is 2.65. The lowest BCUT2D eigenvalue weighted by molar-refractivity contribution is -0.142. The number of ether oxygens (including phenoxy) is 1. The van der Waals surface area contributed by atoms with Crippen molar-refractivity contribution in [1.82, 2.24) is 4.90 Å². The Morgan fingerprint density at radius 2 is 2.24 bits per heavy atom. The maximum atomic E-state index is 11.3. The van der Waals surface area contributed by atoms with Crippen LogP contribution < -0.4 is 0 Å². The van der Waals surface area contributed by atoms with Crippen molar-refractivity contribution in [1.29, 1.82) is 0 Å². The topological polar surface area (TPSA) is 29.5 Å². The summed E-state index contributed by atoms with van der Waals surface area (Å²) in [6.45, 7) is 3.98. The van der Waals surface area contributed by atoms with Crippen molar-refractivity contribution >= 4 is 17.6 Å². The molecule has 17 heavy (non-hydrogen) atoms. The highest BCUT2D eigenvalue weighted by atomic mass is 35.5. The molecule has 0 saturated heterocycles. The van der Waals surface area contributed by atoms with Gasteiger partial charge in [0.1, 0.15) is 0 Å². The molecule has 0 spiro atoms. The van der Waals surface area contributed by atoms with Gasteiger partial charge in [-0.25, -0.2) is 0 Å². The number of nitrogens with zero attached hydrogens (tertiary/aromatic N) is 1. The summed E-state index contributed by atoms with van der Waals surface area (Å²) in [5.74, 6) is -0.208. The Morgan fingerprint density at radius 3 is 2.82 bits per heavy atom. The van der Waals surface area contributed by atoms with E-state index in [-0.39, 0.29) is 5.97 Å². The highest BCUT2D eigenvalue weighted by Gasteiger charge is 2.10. The molecule has 0 saturated carbocycles. The molecule has 0 atom stereocenters. The van der Waals surface area contributed by atoms with E-state index >= 15 is 0 Å². The third-order valence-electron chi connectivity index (χ3n) is 2.42. The van der Waals surface area contributed by atoms with Gasteiger partial charge in [-0.15, -0.1) is 0 Å². The van der Waals surface area contributed by atoms with Gasteiger partial charge in [0.15, 0.2) is 0 Å². The Balaban J connectivity index is 2.62. The van der Waals surface area contributed by atoms with Gasteiger partial charge >= 0.3 is 5.97 Å². The minimum atomic E-state index is -0.208. The van der Waals surface area contributed by atoms with Crippen LogP contribution in [0.2, 0.25) is 5.02 Å². The smallest absolute Gasteiger partial charge is 0.319 e. The van der Waals surface area contributed by atoms with Gasteiger partial charge in [-0.3, -0.25) is 9.69 Å². The lowest BCUT2D eigenvalue weighted by atomic mass is 10.2. The van der Waals surface area contributed by atoms with E-state index < -0.39 is 0 Å². The van der Waals surface area contributed by atoms with Crippen LogP contribution in [0.5, 0.6) is 0 Å². The highest BCUT2D eigenvalue weighted by molar-refractivity contribution is 6.30. The largest absolute Gasteiger partial charge is 0.468 e. The normalized spacial score (nSPS) is 10.6. The second-order valence-corrected chi connectivity index (χ2v) is 4.35. The van der Waals surface area contributed by atoms with E-state index in [4.69, 9.17) is 11.6 Å². The van der Waals surface area contributed by atoms with Gasteiger partial charge < -0.3 is 4.74 Å². The molecule has 0 fully saturated rings. The highest BCUT2D eigenvalue weighted by Crippen LogP contribution is 2.12. The molecule has 0 aliphatic rings. The quantitative estimate of drug-likeness (QED) is 0.732. The van der Waals surface area contributed by atoms with E-state index in [2.05, 4.69) is 16.6 Å². The van der Waals surface area contributed by atoms with Gasteiger partial charge in [0.05, 0.1) is 13.7 Å². The molecule has 0 radical (unpaired) electrons. The first-order chi connectivity index (χ1) is 8.15. The van der Waals surface area contributed by atoms with Gasteiger partial charge in [-0.2, -0.15) is 0 Å². The van der Waals surface area contributed by atoms with Crippen molar-refractivity contribution in [3.8, 4) is 0 Å². The molecule has 0 aliphatic carbocycles. The lowest BCUT2D eigenvalue weighted by Gasteiger charge is -2.20. The molecule has 0 aromatic heterocycles. The number of methoxy groups -OCH3 is 1. The predicted octanol–water partition coefficient (Wildman–Crippen LogP) is 2.73. The number of rotatable bonds is 6. The molecule has 0 unspecified atom stereocenters. The van der Waals surface area contributed by atoms with Crippen LogP contribution in [0, 0.1) is 0 Å². The number of esters is 1. The van der Waals surface area contributed by atoms with Crippen LogP contribution in [0.15, 0.2) is 24.3 Å². The number of carbonyl (C=O) groups excluding carboxylic acids is 1. The average molecular weight is 256 g/mol. The minimum absolute atomic E-state index is 0.208. The Morgan fingerprint density at radius 1 is 1.47 bits per heavy atom. The van der Waals surface area contributed by atoms with Crippen molar-refractivity contribution < 1.29 is 9.53 Å². The van der Waals surface area contributed by atoms with Crippen LogP contribution in [0.4, 0.5) is 0 Å². The van der Waals surface area contributed by atoms with Crippen molar-refractivity contribution in [2.75, 3.05) is 20.2 Å². The van der Waals surface area contributed by atoms with E-state index in [1.807, 2.05) is 24.3 Å². The first kappa shape index (κ1) is 14.0. The Kier molecular flexibility index (Phi) is 6.01. The van der Waals surface area contributed by atoms with Crippen molar-refractivity contribution in [3.63, 3.8) is 0 Å². The van der Waals surface area contributed by atoms with E-state index in [9.17, 15) is 4.79 Å². The zero-order valence-corrected chi connectivity index (χ0v) is 11.0. The van der Waals surface area contributed by atoms with Crippen molar-refractivity contribution in [3.05, 3.63) is 34.9 Å². The standard InChI is InChI=1S/C13H18ClNO2/c1-3-7-15(10-13(16)17-2)9-11-5-4-6-12(14)8-11/h4-6,8H,3,7,9-10H2,1-2H3. The van der Waals surface area contributed by atoms with Gasteiger partial charge in [-0.05, 0) is 30.7 Å². The molecule has 0 bridgehead atoms. The zero-order chi connectivity index (χ0) is 12.7. The molecule has 94 valence electrons. The fourth-order valence-electron chi connectivity index (χ4n) is 1.67. The summed E-state index contributed by atoms with van der Waals surface area (Å²) in [7, 11) is 1.41. The molecule has 3 nitrogen and oxygen atoms in total. The van der Waals surface area contributed by atoms with Crippen LogP contribution in [0.25, 0.3) is 0 Å². The number of benzene rings is 1. The summed E-state index contributed by atoms with van der Waals surface area (Å²) < 4.78 is 4.68. The van der Waals surface area contributed by atoms with Gasteiger partial charge in [0, 0.05) is 11.6 Å². The first-order valence-corrected chi connectivity index (χ1v) is 6.07. The Hall–Kier alpha value is -1.06. The molecular weight excluding hydrogens is 238 g/mol. The zero-order valence-electron chi connectivity index (χ0n) is 10.3. The van der Waals surface area contributed by atoms with E-state index in [0.717, 1.165) is 23.6 Å². The van der Waals surface area contributed by atoms with Crippen molar-refractivity contribution in [2.24, 2.45) is 0 Å². The molecular formula is C13H18ClNO2. The second kappa shape index (κ2) is 7.30. The first-order valence-electron chi connectivity index (χ1n) is 5.69. The van der Waals surface area contributed by atoms with Gasteiger partial charge in [0.2, 0.25) is 0 Å². The summed E-state index contributed by atoms with van der Waals surface area (Å²) >= 11 is 5.93. The fourth-order valence-corrected chi connectivity index (χ4v) is 1.88. The fraction of sp³-hybridized carbons (Fsp3) is 0.462. The third kappa shape index (κ3) is 5.20. The molecule has 1 rings (SSSR count). The maximum Gasteiger partial charge on any atom is 0.319 e. The second-order valence-electron chi connectivity index (χ2n) is 3.92. The van der Waals surface area contributed by atoms with Crippen LogP contribution >= 0.6 is 11.6 Å². The number of halogens is 1.